The molecule has 0 aliphatic carbocycles. The standard InChI is InChI=1S/C17H21N3O4S2/c1-11-15(26-16(18-11)13-4-3-7-25-13)17(23)20-5-6-24-12(9-20)8-19(2)10-14(21)22/h3-4,7,12H,5-6,8-10H2,1-2H3,(H,21,22). The van der Waals surface area contributed by atoms with Gasteiger partial charge in [0.15, 0.2) is 0 Å². The summed E-state index contributed by atoms with van der Waals surface area (Å²) in [7, 11) is 1.74. The van der Waals surface area contributed by atoms with E-state index < -0.39 is 5.97 Å². The monoisotopic (exact) mass is 395 g/mol. The number of morpholine rings is 1. The highest BCUT2D eigenvalue weighted by Gasteiger charge is 2.28. The van der Waals surface area contributed by atoms with E-state index >= 15 is 0 Å². The average molecular weight is 396 g/mol. The molecular weight excluding hydrogens is 374 g/mol. The van der Waals surface area contributed by atoms with Crippen molar-refractivity contribution in [1.82, 2.24) is 14.8 Å². The molecule has 0 radical (unpaired) electrons. The van der Waals surface area contributed by atoms with Gasteiger partial charge in [0.2, 0.25) is 0 Å². The Morgan fingerprint density at radius 2 is 2.31 bits per heavy atom. The van der Waals surface area contributed by atoms with Crippen molar-refractivity contribution in [2.75, 3.05) is 39.8 Å². The Hall–Kier alpha value is -1.81. The van der Waals surface area contributed by atoms with Crippen molar-refractivity contribution < 1.29 is 19.4 Å². The van der Waals surface area contributed by atoms with Crippen LogP contribution in [-0.2, 0) is 9.53 Å². The van der Waals surface area contributed by atoms with Crippen molar-refractivity contribution in [3.63, 3.8) is 0 Å². The summed E-state index contributed by atoms with van der Waals surface area (Å²) in [6, 6.07) is 3.97. The lowest BCUT2D eigenvalue weighted by molar-refractivity contribution is -0.138. The first-order chi connectivity index (χ1) is 12.4. The quantitative estimate of drug-likeness (QED) is 0.806. The van der Waals surface area contributed by atoms with Crippen LogP contribution in [0.15, 0.2) is 17.5 Å². The largest absolute Gasteiger partial charge is 0.480 e. The number of aliphatic carboxylic acids is 1. The van der Waals surface area contributed by atoms with Crippen molar-refractivity contribution >= 4 is 34.6 Å². The molecule has 140 valence electrons. The minimum atomic E-state index is -0.877. The lowest BCUT2D eigenvalue weighted by Crippen LogP contribution is -2.49. The van der Waals surface area contributed by atoms with Gasteiger partial charge in [-0.2, -0.15) is 0 Å². The van der Waals surface area contributed by atoms with Gasteiger partial charge in [-0.05, 0) is 25.4 Å². The van der Waals surface area contributed by atoms with Crippen LogP contribution in [0.1, 0.15) is 15.4 Å². The van der Waals surface area contributed by atoms with E-state index in [2.05, 4.69) is 4.98 Å². The number of hydrogen-bond acceptors (Lipinski definition) is 7. The molecule has 7 nitrogen and oxygen atoms in total. The van der Waals surface area contributed by atoms with Gasteiger partial charge in [0.1, 0.15) is 9.88 Å². The first-order valence-electron chi connectivity index (χ1n) is 8.26. The van der Waals surface area contributed by atoms with E-state index in [4.69, 9.17) is 9.84 Å². The number of likely N-dealkylation sites (N-methyl/N-ethyl adjacent to an activating group) is 1. The zero-order valence-corrected chi connectivity index (χ0v) is 16.3. The number of carboxylic acid groups (broad SMARTS) is 1. The smallest absolute Gasteiger partial charge is 0.317 e. The van der Waals surface area contributed by atoms with Gasteiger partial charge in [-0.15, -0.1) is 22.7 Å². The van der Waals surface area contributed by atoms with E-state index in [0.717, 1.165) is 15.6 Å². The summed E-state index contributed by atoms with van der Waals surface area (Å²) in [4.78, 5) is 33.5. The Bertz CT molecular complexity index is 775. The second kappa shape index (κ2) is 8.26. The van der Waals surface area contributed by atoms with Crippen LogP contribution in [0.2, 0.25) is 0 Å². The van der Waals surface area contributed by atoms with Crippen LogP contribution in [0.25, 0.3) is 9.88 Å². The van der Waals surface area contributed by atoms with Gasteiger partial charge in [-0.25, -0.2) is 4.98 Å². The number of thiophene rings is 1. The normalized spacial score (nSPS) is 17.7. The van der Waals surface area contributed by atoms with Gasteiger partial charge >= 0.3 is 5.97 Å². The number of carboxylic acids is 1. The third-order valence-corrected chi connectivity index (χ3v) is 6.25. The summed E-state index contributed by atoms with van der Waals surface area (Å²) >= 11 is 3.03. The number of hydrogen-bond donors (Lipinski definition) is 1. The van der Waals surface area contributed by atoms with Crippen LogP contribution in [0.3, 0.4) is 0 Å². The van der Waals surface area contributed by atoms with Crippen molar-refractivity contribution in [2.24, 2.45) is 0 Å². The molecule has 9 heteroatoms. The fourth-order valence-corrected chi connectivity index (χ4v) is 4.73. The van der Waals surface area contributed by atoms with E-state index in [1.807, 2.05) is 24.4 Å². The second-order valence-corrected chi connectivity index (χ2v) is 8.19. The third kappa shape index (κ3) is 4.47. The highest BCUT2D eigenvalue weighted by molar-refractivity contribution is 7.22. The summed E-state index contributed by atoms with van der Waals surface area (Å²) in [6.45, 7) is 3.72. The molecule has 26 heavy (non-hydrogen) atoms. The molecule has 1 unspecified atom stereocenters. The predicted octanol–water partition coefficient (Wildman–Crippen LogP) is 2.04. The first-order valence-corrected chi connectivity index (χ1v) is 9.96. The van der Waals surface area contributed by atoms with E-state index in [1.54, 1.807) is 28.2 Å². The molecule has 0 saturated carbocycles. The number of thiazole rings is 1. The van der Waals surface area contributed by atoms with Gasteiger partial charge in [-0.1, -0.05) is 6.07 Å². The number of amides is 1. The van der Waals surface area contributed by atoms with E-state index in [1.165, 1.54) is 11.3 Å². The predicted molar refractivity (Wildman–Crippen MR) is 101 cm³/mol. The molecule has 0 aromatic carbocycles. The zero-order valence-electron chi connectivity index (χ0n) is 14.7. The Morgan fingerprint density at radius 3 is 3.00 bits per heavy atom. The number of ether oxygens (including phenoxy) is 1. The molecule has 2 aromatic heterocycles. The van der Waals surface area contributed by atoms with Crippen molar-refractivity contribution in [1.29, 1.82) is 0 Å². The number of aromatic nitrogens is 1. The summed E-state index contributed by atoms with van der Waals surface area (Å²) in [6.07, 6.45) is -0.193. The van der Waals surface area contributed by atoms with E-state index in [9.17, 15) is 9.59 Å². The fraction of sp³-hybridized carbons (Fsp3) is 0.471. The number of carbonyl (C=O) groups is 2. The zero-order chi connectivity index (χ0) is 18.7. The molecule has 0 spiro atoms. The average Bonchev–Trinajstić information content (AvgIpc) is 3.23. The minimum Gasteiger partial charge on any atom is -0.480 e. The third-order valence-electron chi connectivity index (χ3n) is 4.07. The summed E-state index contributed by atoms with van der Waals surface area (Å²) in [5.74, 6) is -0.908. The fourth-order valence-electron chi connectivity index (χ4n) is 2.90. The molecule has 1 aliphatic rings. The minimum absolute atomic E-state index is 0.0306. The lowest BCUT2D eigenvalue weighted by Gasteiger charge is -2.34. The summed E-state index contributed by atoms with van der Waals surface area (Å²) < 4.78 is 5.70. The molecule has 1 saturated heterocycles. The van der Waals surface area contributed by atoms with Crippen LogP contribution < -0.4 is 0 Å². The highest BCUT2D eigenvalue weighted by Crippen LogP contribution is 2.31. The molecular formula is C17H21N3O4S2. The molecule has 1 aliphatic heterocycles. The first kappa shape index (κ1) is 19.0. The highest BCUT2D eigenvalue weighted by atomic mass is 32.1. The summed E-state index contributed by atoms with van der Waals surface area (Å²) in [5.41, 5.74) is 0.745. The maximum atomic E-state index is 12.9. The maximum absolute atomic E-state index is 12.9. The van der Waals surface area contributed by atoms with Crippen molar-refractivity contribution in [3.8, 4) is 9.88 Å². The number of nitrogens with zero attached hydrogens (tertiary/aromatic N) is 3. The van der Waals surface area contributed by atoms with Crippen LogP contribution in [0, 0.1) is 6.92 Å². The van der Waals surface area contributed by atoms with Crippen LogP contribution in [0.5, 0.6) is 0 Å². The molecule has 1 amide bonds. The van der Waals surface area contributed by atoms with E-state index in [0.29, 0.717) is 31.1 Å². The van der Waals surface area contributed by atoms with Crippen LogP contribution in [-0.4, -0.2) is 77.7 Å². The van der Waals surface area contributed by atoms with Gasteiger partial charge in [-0.3, -0.25) is 14.5 Å². The molecule has 2 aromatic rings. The SMILES string of the molecule is Cc1nc(-c2cccs2)sc1C(=O)N1CCOC(CN(C)CC(=O)O)C1. The number of carbonyl (C=O) groups excluding carboxylic acids is 1. The lowest BCUT2D eigenvalue weighted by atomic mass is 10.2. The molecule has 1 fully saturated rings. The Kier molecular flexibility index (Phi) is 6.02. The Morgan fingerprint density at radius 1 is 1.50 bits per heavy atom. The maximum Gasteiger partial charge on any atom is 0.317 e. The van der Waals surface area contributed by atoms with Gasteiger partial charge < -0.3 is 14.7 Å². The molecule has 3 heterocycles. The van der Waals surface area contributed by atoms with Gasteiger partial charge in [0.05, 0.1) is 29.8 Å². The molecule has 1 atom stereocenters. The van der Waals surface area contributed by atoms with Gasteiger partial charge in [0, 0.05) is 19.6 Å². The second-order valence-electron chi connectivity index (χ2n) is 6.25. The van der Waals surface area contributed by atoms with Crippen LogP contribution in [0.4, 0.5) is 0 Å². The van der Waals surface area contributed by atoms with Crippen LogP contribution >= 0.6 is 22.7 Å². The topological polar surface area (TPSA) is 83.0 Å². The Balaban J connectivity index is 1.67. The van der Waals surface area contributed by atoms with Crippen molar-refractivity contribution in [2.45, 2.75) is 13.0 Å². The molecule has 3 rings (SSSR count). The Labute approximate surface area is 159 Å². The van der Waals surface area contributed by atoms with Crippen molar-refractivity contribution in [3.05, 3.63) is 28.1 Å². The molecule has 1 N–H and O–H groups in total. The number of aryl methyl sites for hydroxylation is 1. The molecule has 0 bridgehead atoms. The van der Waals surface area contributed by atoms with E-state index in [-0.39, 0.29) is 18.6 Å². The summed E-state index contributed by atoms with van der Waals surface area (Å²) in [5, 5.41) is 11.7. The van der Waals surface area contributed by atoms with Gasteiger partial charge in [0.25, 0.3) is 5.91 Å². The number of rotatable bonds is 6.